The fraction of sp³-hybridized carbons (Fsp3) is 0.462. The molecule has 16 heavy (non-hydrogen) atoms. The third kappa shape index (κ3) is 3.64. The summed E-state index contributed by atoms with van der Waals surface area (Å²) in [7, 11) is 0. The van der Waals surface area contributed by atoms with Gasteiger partial charge in [0.2, 0.25) is 0 Å². The molecule has 0 aromatic heterocycles. The van der Waals surface area contributed by atoms with E-state index >= 15 is 0 Å². The van der Waals surface area contributed by atoms with E-state index in [0.29, 0.717) is 11.8 Å². The first-order valence-electron chi connectivity index (χ1n) is 5.14. The predicted octanol–water partition coefficient (Wildman–Crippen LogP) is 0.479. The topological polar surface area (TPSA) is 4.36 Å². The molecular formula is C13H17AuClN. The second-order valence-electron chi connectivity index (χ2n) is 4.16. The van der Waals surface area contributed by atoms with Crippen LogP contribution in [0, 0.1) is 6.57 Å². The molecule has 0 aliphatic rings. The molecule has 0 aliphatic carbocycles. The minimum absolute atomic E-state index is 0. The average Bonchev–Trinajstić information content (AvgIpc) is 2.17. The van der Waals surface area contributed by atoms with E-state index in [-0.39, 0.29) is 32.4 Å². The molecule has 0 radical (unpaired) electrons. The van der Waals surface area contributed by atoms with Gasteiger partial charge in [-0.1, -0.05) is 0 Å². The zero-order chi connectivity index (χ0) is 11.4. The molecule has 3 heteroatoms. The second-order valence-corrected chi connectivity index (χ2v) is 6.21. The molecule has 0 aliphatic heterocycles. The van der Waals surface area contributed by atoms with Crippen LogP contribution in [0.25, 0.3) is 3.25 Å². The summed E-state index contributed by atoms with van der Waals surface area (Å²) in [6.45, 7) is 15.9. The van der Waals surface area contributed by atoms with E-state index in [4.69, 9.17) is 6.57 Å². The second kappa shape index (κ2) is 7.14. The van der Waals surface area contributed by atoms with E-state index in [1.54, 1.807) is 0 Å². The molecule has 0 spiro atoms. The van der Waals surface area contributed by atoms with Gasteiger partial charge >= 0.3 is 102 Å². The first-order chi connectivity index (χ1) is 7.07. The minimum Gasteiger partial charge on any atom is -1.00 e. The van der Waals surface area contributed by atoms with Gasteiger partial charge in [0.25, 0.3) is 0 Å². The Hall–Kier alpha value is -0.260. The Morgan fingerprint density at radius 2 is 1.50 bits per heavy atom. The quantitative estimate of drug-likeness (QED) is 0.496. The van der Waals surface area contributed by atoms with E-state index in [1.807, 2.05) is 0 Å². The molecular weight excluding hydrogens is 403 g/mol. The van der Waals surface area contributed by atoms with Crippen molar-refractivity contribution in [3.63, 3.8) is 0 Å². The Kier molecular flexibility index (Phi) is 7.03. The summed E-state index contributed by atoms with van der Waals surface area (Å²) < 4.78 is 4.98. The van der Waals surface area contributed by atoms with Gasteiger partial charge < -0.3 is 12.4 Å². The van der Waals surface area contributed by atoms with Gasteiger partial charge in [-0.25, -0.2) is 0 Å². The Bertz CT molecular complexity index is 354. The Morgan fingerprint density at radius 1 is 1.06 bits per heavy atom. The van der Waals surface area contributed by atoms with E-state index in [0.717, 1.165) is 0 Å². The van der Waals surface area contributed by atoms with Crippen LogP contribution in [-0.4, -0.2) is 0 Å². The molecule has 0 atom stereocenters. The summed E-state index contributed by atoms with van der Waals surface area (Å²) in [5.74, 6) is 1.05. The summed E-state index contributed by atoms with van der Waals surface area (Å²) in [6.07, 6.45) is 0. The van der Waals surface area contributed by atoms with Crippen LogP contribution in [0.5, 0.6) is 0 Å². The molecule has 0 N–H and O–H groups in total. The molecule has 92 valence electrons. The molecule has 0 fully saturated rings. The van der Waals surface area contributed by atoms with Crippen molar-refractivity contribution in [2.75, 3.05) is 0 Å². The molecule has 0 bridgehead atoms. The fourth-order valence-electron chi connectivity index (χ4n) is 1.51. The van der Waals surface area contributed by atoms with Crippen molar-refractivity contribution in [1.82, 2.24) is 0 Å². The molecule has 1 aromatic rings. The van der Waals surface area contributed by atoms with Gasteiger partial charge in [-0.15, -0.1) is 0 Å². The smallest absolute Gasteiger partial charge is 1.00 e. The van der Waals surface area contributed by atoms with Crippen LogP contribution in [0.3, 0.4) is 0 Å². The van der Waals surface area contributed by atoms with E-state index in [1.165, 1.54) is 14.9 Å². The fourth-order valence-corrected chi connectivity index (χ4v) is 3.93. The molecule has 0 amide bonds. The maximum absolute atomic E-state index is 7.08. The molecule has 0 unspecified atom stereocenters. The van der Waals surface area contributed by atoms with Crippen molar-refractivity contribution in [1.29, 1.82) is 0 Å². The van der Waals surface area contributed by atoms with Crippen LogP contribution in [0.15, 0.2) is 18.2 Å². The first-order valence-corrected chi connectivity index (χ1v) is 7.19. The standard InChI is InChI=1S/C12H17.CN.Au.ClH/c1-9(2)11-6-5-7-12(8-11)10(3)4;1-2;;/h5-7,9-10H,1-4H3;;;1H/q;-1;+2;/p-1. The normalized spacial score (nSPS) is 10.3. The monoisotopic (exact) mass is 419 g/mol. The predicted molar refractivity (Wildman–Crippen MR) is 60.9 cm³/mol. The van der Waals surface area contributed by atoms with Crippen LogP contribution < -0.4 is 16.2 Å². The van der Waals surface area contributed by atoms with Gasteiger partial charge in [0.15, 0.2) is 0 Å². The van der Waals surface area contributed by atoms with Crippen LogP contribution in [-0.2, 0) is 20.0 Å². The third-order valence-corrected chi connectivity index (χ3v) is 4.34. The summed E-state index contributed by atoms with van der Waals surface area (Å²) in [4.78, 5) is 0. The van der Waals surface area contributed by atoms with E-state index < -0.39 is 0 Å². The number of halogens is 1. The van der Waals surface area contributed by atoms with E-state index in [9.17, 15) is 0 Å². The summed E-state index contributed by atoms with van der Waals surface area (Å²) in [6, 6.07) is 6.47. The minimum atomic E-state index is -0.372. The molecule has 0 saturated carbocycles. The van der Waals surface area contributed by atoms with Gasteiger partial charge in [-0.2, -0.15) is 0 Å². The van der Waals surface area contributed by atoms with E-state index in [2.05, 4.69) is 49.1 Å². The molecule has 1 aromatic carbocycles. The van der Waals surface area contributed by atoms with Gasteiger partial charge in [0.1, 0.15) is 0 Å². The first kappa shape index (κ1) is 15.7. The Morgan fingerprint density at radius 3 is 1.81 bits per heavy atom. The van der Waals surface area contributed by atoms with Crippen molar-refractivity contribution >= 4 is 3.78 Å². The van der Waals surface area contributed by atoms with Crippen molar-refractivity contribution in [3.8, 4) is 0 Å². The SMILES string of the molecule is [C-]#[N+][Au+][c]1c(C(C)C)cccc1C(C)C.[Cl-]. The van der Waals surface area contributed by atoms with Crippen LogP contribution in [0.2, 0.25) is 0 Å². The summed E-state index contributed by atoms with van der Waals surface area (Å²) in [5.41, 5.74) is 2.75. The maximum Gasteiger partial charge on any atom is -1.00 e. The van der Waals surface area contributed by atoms with Crippen molar-refractivity contribution in [2.24, 2.45) is 0 Å². The van der Waals surface area contributed by atoms with Gasteiger partial charge in [-0.3, -0.25) is 0 Å². The summed E-state index contributed by atoms with van der Waals surface area (Å²) in [5, 5.41) is 0. The number of rotatable bonds is 3. The van der Waals surface area contributed by atoms with Gasteiger partial charge in [-0.05, 0) is 0 Å². The average molecular weight is 420 g/mol. The number of nitrogens with zero attached hydrogens (tertiary/aromatic N) is 1. The molecule has 1 rings (SSSR count). The van der Waals surface area contributed by atoms with Crippen LogP contribution in [0.4, 0.5) is 0 Å². The van der Waals surface area contributed by atoms with Gasteiger partial charge in [0.05, 0.1) is 0 Å². The Labute approximate surface area is 115 Å². The Balaban J connectivity index is 0.00000225. The number of hydrogen-bond acceptors (Lipinski definition) is 0. The zero-order valence-electron chi connectivity index (χ0n) is 10.0. The molecule has 1 nitrogen and oxygen atoms in total. The largest absolute Gasteiger partial charge is 1.00 e. The van der Waals surface area contributed by atoms with Crippen LogP contribution >= 0.6 is 0 Å². The zero-order valence-corrected chi connectivity index (χ0v) is 12.9. The molecule has 0 heterocycles. The summed E-state index contributed by atoms with van der Waals surface area (Å²) >= 11 is -0.372. The molecule has 0 saturated heterocycles. The van der Waals surface area contributed by atoms with Crippen LogP contribution in [0.1, 0.15) is 50.7 Å². The van der Waals surface area contributed by atoms with Crippen molar-refractivity contribution in [2.45, 2.75) is 39.5 Å². The van der Waals surface area contributed by atoms with Crippen molar-refractivity contribution in [3.05, 3.63) is 39.1 Å². The van der Waals surface area contributed by atoms with Crippen molar-refractivity contribution < 1.29 is 32.4 Å². The third-order valence-electron chi connectivity index (χ3n) is 2.36. The number of benzene rings is 1. The van der Waals surface area contributed by atoms with Gasteiger partial charge in [0, 0.05) is 0 Å². The maximum atomic E-state index is 7.08. The number of hydrogen-bond donors (Lipinski definition) is 0.